The van der Waals surface area contributed by atoms with Gasteiger partial charge >= 0.3 is 6.03 Å². The summed E-state index contributed by atoms with van der Waals surface area (Å²) < 4.78 is 0. The van der Waals surface area contributed by atoms with Gasteiger partial charge in [0.25, 0.3) is 0 Å². The summed E-state index contributed by atoms with van der Waals surface area (Å²) in [7, 11) is 0. The molecule has 25 heavy (non-hydrogen) atoms. The molecule has 1 aliphatic rings. The molecule has 0 saturated carbocycles. The quantitative estimate of drug-likeness (QED) is 0.891. The van der Waals surface area contributed by atoms with Crippen molar-refractivity contribution < 1.29 is 9.59 Å². The molecule has 5 heteroatoms. The van der Waals surface area contributed by atoms with Gasteiger partial charge in [-0.2, -0.15) is 0 Å². The fraction of sp³-hybridized carbons (Fsp3) is 0.300. The largest absolute Gasteiger partial charge is 0.326 e. The molecule has 0 saturated heterocycles. The van der Waals surface area contributed by atoms with Crippen molar-refractivity contribution in [1.82, 2.24) is 4.90 Å². The molecular formula is C20H23N3O2. The Morgan fingerprint density at radius 3 is 2.60 bits per heavy atom. The highest BCUT2D eigenvalue weighted by Crippen LogP contribution is 2.23. The number of urea groups is 1. The summed E-state index contributed by atoms with van der Waals surface area (Å²) in [6.07, 6.45) is 1.29. The molecule has 0 spiro atoms. The highest BCUT2D eigenvalue weighted by atomic mass is 16.2. The zero-order valence-corrected chi connectivity index (χ0v) is 14.6. The number of amides is 3. The van der Waals surface area contributed by atoms with E-state index in [0.29, 0.717) is 25.2 Å². The standard InChI is InChI=1S/C20H23N3O2/c1-3-19(24)21-17-9-8-14(2)18(12-17)22-20(25)23-11-10-15-6-4-5-7-16(15)13-23/h4-9,12H,3,10-11,13H2,1-2H3,(H,21,24)(H,22,25). The molecule has 0 unspecified atom stereocenters. The van der Waals surface area contributed by atoms with E-state index in [1.54, 1.807) is 13.0 Å². The van der Waals surface area contributed by atoms with E-state index in [1.807, 2.05) is 36.1 Å². The van der Waals surface area contributed by atoms with Crippen LogP contribution < -0.4 is 10.6 Å². The molecule has 3 rings (SSSR count). The number of carbonyl (C=O) groups is 2. The maximum Gasteiger partial charge on any atom is 0.322 e. The zero-order chi connectivity index (χ0) is 17.8. The topological polar surface area (TPSA) is 61.4 Å². The van der Waals surface area contributed by atoms with E-state index in [0.717, 1.165) is 17.7 Å². The van der Waals surface area contributed by atoms with E-state index in [-0.39, 0.29) is 11.9 Å². The van der Waals surface area contributed by atoms with Crippen molar-refractivity contribution >= 4 is 23.3 Å². The van der Waals surface area contributed by atoms with Crippen LogP contribution in [-0.4, -0.2) is 23.4 Å². The van der Waals surface area contributed by atoms with Crippen LogP contribution in [0.1, 0.15) is 30.0 Å². The summed E-state index contributed by atoms with van der Waals surface area (Å²) in [6.45, 7) is 5.06. The van der Waals surface area contributed by atoms with Crippen molar-refractivity contribution in [3.05, 3.63) is 59.2 Å². The van der Waals surface area contributed by atoms with Crippen LogP contribution >= 0.6 is 0 Å². The second kappa shape index (κ2) is 7.38. The Morgan fingerprint density at radius 1 is 1.08 bits per heavy atom. The van der Waals surface area contributed by atoms with Crippen molar-refractivity contribution in [3.8, 4) is 0 Å². The Kier molecular flexibility index (Phi) is 5.03. The number of carbonyl (C=O) groups excluding carboxylic acids is 2. The van der Waals surface area contributed by atoms with E-state index in [9.17, 15) is 9.59 Å². The first-order chi connectivity index (χ1) is 12.1. The number of hydrogen-bond donors (Lipinski definition) is 2. The minimum absolute atomic E-state index is 0.0474. The Labute approximate surface area is 148 Å². The first-order valence-corrected chi connectivity index (χ1v) is 8.60. The van der Waals surface area contributed by atoms with Gasteiger partial charge < -0.3 is 15.5 Å². The number of hydrogen-bond acceptors (Lipinski definition) is 2. The van der Waals surface area contributed by atoms with Gasteiger partial charge in [0.2, 0.25) is 5.91 Å². The molecule has 0 bridgehead atoms. The number of nitrogens with one attached hydrogen (secondary N) is 2. The summed E-state index contributed by atoms with van der Waals surface area (Å²) in [5.41, 5.74) is 4.88. The molecule has 1 heterocycles. The van der Waals surface area contributed by atoms with Crippen LogP contribution in [0.5, 0.6) is 0 Å². The molecule has 130 valence electrons. The van der Waals surface area contributed by atoms with E-state index >= 15 is 0 Å². The van der Waals surface area contributed by atoms with Gasteiger partial charge in [-0.1, -0.05) is 37.3 Å². The second-order valence-electron chi connectivity index (χ2n) is 6.30. The Hall–Kier alpha value is -2.82. The highest BCUT2D eigenvalue weighted by Gasteiger charge is 2.20. The lowest BCUT2D eigenvalue weighted by molar-refractivity contribution is -0.115. The van der Waals surface area contributed by atoms with E-state index in [1.165, 1.54) is 11.1 Å². The van der Waals surface area contributed by atoms with Crippen molar-refractivity contribution in [2.75, 3.05) is 17.2 Å². The van der Waals surface area contributed by atoms with Crippen LogP contribution in [-0.2, 0) is 17.8 Å². The third kappa shape index (κ3) is 3.99. The van der Waals surface area contributed by atoms with Gasteiger partial charge in [0.1, 0.15) is 0 Å². The minimum atomic E-state index is -0.114. The predicted molar refractivity (Wildman–Crippen MR) is 99.7 cm³/mol. The lowest BCUT2D eigenvalue weighted by atomic mass is 10.0. The molecule has 2 N–H and O–H groups in total. The third-order valence-electron chi connectivity index (χ3n) is 4.50. The molecule has 0 radical (unpaired) electrons. The molecule has 0 aliphatic carbocycles. The van der Waals surface area contributed by atoms with Crippen molar-refractivity contribution in [1.29, 1.82) is 0 Å². The van der Waals surface area contributed by atoms with Gasteiger partial charge in [-0.3, -0.25) is 4.79 Å². The minimum Gasteiger partial charge on any atom is -0.326 e. The normalized spacial score (nSPS) is 13.1. The fourth-order valence-corrected chi connectivity index (χ4v) is 2.95. The predicted octanol–water partition coefficient (Wildman–Crippen LogP) is 3.93. The van der Waals surface area contributed by atoms with E-state index in [2.05, 4.69) is 22.8 Å². The van der Waals surface area contributed by atoms with Crippen LogP contribution in [0.4, 0.5) is 16.2 Å². The van der Waals surface area contributed by atoms with Gasteiger partial charge in [0.05, 0.1) is 0 Å². The molecule has 1 aliphatic heterocycles. The number of aryl methyl sites for hydroxylation is 1. The molecule has 0 aromatic heterocycles. The second-order valence-corrected chi connectivity index (χ2v) is 6.30. The first kappa shape index (κ1) is 17.0. The van der Waals surface area contributed by atoms with Crippen molar-refractivity contribution in [2.24, 2.45) is 0 Å². The molecular weight excluding hydrogens is 314 g/mol. The maximum atomic E-state index is 12.6. The average Bonchev–Trinajstić information content (AvgIpc) is 2.63. The van der Waals surface area contributed by atoms with E-state index in [4.69, 9.17) is 0 Å². The molecule has 3 amide bonds. The summed E-state index contributed by atoms with van der Waals surface area (Å²) in [5.74, 6) is -0.0474. The maximum absolute atomic E-state index is 12.6. The van der Waals surface area contributed by atoms with Crippen LogP contribution in [0.2, 0.25) is 0 Å². The van der Waals surface area contributed by atoms with Gasteiger partial charge in [-0.15, -0.1) is 0 Å². The lowest BCUT2D eigenvalue weighted by Crippen LogP contribution is -2.39. The third-order valence-corrected chi connectivity index (χ3v) is 4.50. The SMILES string of the molecule is CCC(=O)Nc1ccc(C)c(NC(=O)N2CCc3ccccc3C2)c1. The smallest absolute Gasteiger partial charge is 0.322 e. The first-order valence-electron chi connectivity index (χ1n) is 8.60. The monoisotopic (exact) mass is 337 g/mol. The molecule has 2 aromatic rings. The summed E-state index contributed by atoms with van der Waals surface area (Å²) in [6, 6.07) is 13.7. The lowest BCUT2D eigenvalue weighted by Gasteiger charge is -2.29. The number of fused-ring (bicyclic) bond motifs is 1. The molecule has 0 atom stereocenters. The highest BCUT2D eigenvalue weighted by molar-refractivity contribution is 5.94. The number of nitrogens with zero attached hydrogens (tertiary/aromatic N) is 1. The van der Waals surface area contributed by atoms with E-state index < -0.39 is 0 Å². The Bertz CT molecular complexity index is 801. The molecule has 0 fully saturated rings. The Balaban J connectivity index is 1.71. The van der Waals surface area contributed by atoms with Gasteiger partial charge in [-0.25, -0.2) is 4.79 Å². The van der Waals surface area contributed by atoms with Crippen LogP contribution in [0.15, 0.2) is 42.5 Å². The average molecular weight is 337 g/mol. The number of rotatable bonds is 3. The Morgan fingerprint density at radius 2 is 1.84 bits per heavy atom. The molecule has 2 aromatic carbocycles. The summed E-state index contributed by atoms with van der Waals surface area (Å²) in [4.78, 5) is 26.0. The van der Waals surface area contributed by atoms with Crippen molar-refractivity contribution in [3.63, 3.8) is 0 Å². The number of benzene rings is 2. The number of anilines is 2. The van der Waals surface area contributed by atoms with Crippen molar-refractivity contribution in [2.45, 2.75) is 33.2 Å². The van der Waals surface area contributed by atoms with Gasteiger partial charge in [0.15, 0.2) is 0 Å². The summed E-state index contributed by atoms with van der Waals surface area (Å²) >= 11 is 0. The van der Waals surface area contributed by atoms with Crippen LogP contribution in [0, 0.1) is 6.92 Å². The zero-order valence-electron chi connectivity index (χ0n) is 14.6. The van der Waals surface area contributed by atoms with Crippen LogP contribution in [0.3, 0.4) is 0 Å². The van der Waals surface area contributed by atoms with Gasteiger partial charge in [0, 0.05) is 30.9 Å². The van der Waals surface area contributed by atoms with Crippen LogP contribution in [0.25, 0.3) is 0 Å². The van der Waals surface area contributed by atoms with Gasteiger partial charge in [-0.05, 0) is 42.2 Å². The molecule has 5 nitrogen and oxygen atoms in total. The fourth-order valence-electron chi connectivity index (χ4n) is 2.95. The summed E-state index contributed by atoms with van der Waals surface area (Å²) in [5, 5.41) is 5.80.